The van der Waals surface area contributed by atoms with Crippen molar-refractivity contribution >= 4 is 18.0 Å². The summed E-state index contributed by atoms with van der Waals surface area (Å²) in [6.45, 7) is 2.70. The van der Waals surface area contributed by atoms with Gasteiger partial charge >= 0.3 is 12.1 Å². The van der Waals surface area contributed by atoms with Crippen LogP contribution in [-0.2, 0) is 19.1 Å². The second kappa shape index (κ2) is 10.9. The van der Waals surface area contributed by atoms with E-state index >= 15 is 0 Å². The first-order chi connectivity index (χ1) is 16.9. The van der Waals surface area contributed by atoms with Crippen molar-refractivity contribution in [2.45, 2.75) is 56.5 Å². The Hall–Kier alpha value is -3.39. The summed E-state index contributed by atoms with van der Waals surface area (Å²) in [5.41, 5.74) is 3.29. The van der Waals surface area contributed by atoms with E-state index < -0.39 is 29.6 Å². The van der Waals surface area contributed by atoms with Gasteiger partial charge in [-0.05, 0) is 28.7 Å². The monoisotopic (exact) mass is 480 g/mol. The molecule has 8 heteroatoms. The molecule has 0 bridgehead atoms. The van der Waals surface area contributed by atoms with Gasteiger partial charge in [-0.3, -0.25) is 9.59 Å². The van der Waals surface area contributed by atoms with Gasteiger partial charge in [-0.2, -0.15) is 0 Å². The number of alkyl carbamates (subject to hydrolysis) is 1. The second-order valence-electron chi connectivity index (χ2n) is 9.20. The molecule has 186 valence electrons. The molecule has 2 aromatic rings. The molecule has 0 saturated carbocycles. The number of carbonyl (C=O) groups is 3. The highest BCUT2D eigenvalue weighted by molar-refractivity contribution is 5.90. The van der Waals surface area contributed by atoms with Gasteiger partial charge in [-0.25, -0.2) is 4.79 Å². The SMILES string of the molecule is CCCC(CC(=O)O)NC(=O)C1(NC(=O)OCC2c3ccccc3-c3ccccc32)CCOCC1. The summed E-state index contributed by atoms with van der Waals surface area (Å²) in [4.78, 5) is 37.4. The minimum absolute atomic E-state index is 0.0860. The van der Waals surface area contributed by atoms with Crippen LogP contribution >= 0.6 is 0 Å². The van der Waals surface area contributed by atoms with Crippen LogP contribution < -0.4 is 10.6 Å². The number of hydrogen-bond donors (Lipinski definition) is 3. The summed E-state index contributed by atoms with van der Waals surface area (Å²) in [5, 5.41) is 14.8. The number of rotatable bonds is 9. The predicted octanol–water partition coefficient (Wildman–Crippen LogP) is 3.83. The van der Waals surface area contributed by atoms with Gasteiger partial charge in [0.15, 0.2) is 0 Å². The van der Waals surface area contributed by atoms with Gasteiger partial charge < -0.3 is 25.2 Å². The molecule has 4 rings (SSSR count). The zero-order chi connectivity index (χ0) is 24.8. The lowest BCUT2D eigenvalue weighted by atomic mass is 9.88. The van der Waals surface area contributed by atoms with Crippen molar-refractivity contribution in [3.05, 3.63) is 59.7 Å². The summed E-state index contributed by atoms with van der Waals surface area (Å²) in [6, 6.07) is 15.7. The Morgan fingerprint density at radius 3 is 2.23 bits per heavy atom. The van der Waals surface area contributed by atoms with E-state index in [0.29, 0.717) is 19.6 Å². The molecule has 3 N–H and O–H groups in total. The van der Waals surface area contributed by atoms with E-state index in [-0.39, 0.29) is 31.8 Å². The zero-order valence-electron chi connectivity index (χ0n) is 19.9. The number of nitrogens with one attached hydrogen (secondary N) is 2. The molecule has 1 saturated heterocycles. The van der Waals surface area contributed by atoms with Crippen molar-refractivity contribution in [2.24, 2.45) is 0 Å². The summed E-state index contributed by atoms with van der Waals surface area (Å²) in [6.07, 6.45) is 0.999. The average Bonchev–Trinajstić information content (AvgIpc) is 3.17. The Morgan fingerprint density at radius 2 is 1.66 bits per heavy atom. The number of amides is 2. The lowest BCUT2D eigenvalue weighted by Gasteiger charge is -2.37. The first-order valence-corrected chi connectivity index (χ1v) is 12.2. The van der Waals surface area contributed by atoms with E-state index in [1.165, 1.54) is 0 Å². The lowest BCUT2D eigenvalue weighted by molar-refractivity contribution is -0.138. The molecule has 8 nitrogen and oxygen atoms in total. The fourth-order valence-corrected chi connectivity index (χ4v) is 5.07. The first-order valence-electron chi connectivity index (χ1n) is 12.2. The highest BCUT2D eigenvalue weighted by Crippen LogP contribution is 2.44. The van der Waals surface area contributed by atoms with E-state index in [4.69, 9.17) is 9.47 Å². The largest absolute Gasteiger partial charge is 0.481 e. The smallest absolute Gasteiger partial charge is 0.408 e. The molecular formula is C27H32N2O6. The summed E-state index contributed by atoms with van der Waals surface area (Å²) >= 11 is 0. The van der Waals surface area contributed by atoms with Gasteiger partial charge in [0.05, 0.1) is 6.42 Å². The third kappa shape index (κ3) is 5.48. The van der Waals surface area contributed by atoms with Crippen molar-refractivity contribution < 1.29 is 29.0 Å². The molecule has 2 aliphatic rings. The zero-order valence-corrected chi connectivity index (χ0v) is 19.9. The molecule has 1 unspecified atom stereocenters. The van der Waals surface area contributed by atoms with E-state index in [2.05, 4.69) is 22.8 Å². The van der Waals surface area contributed by atoms with Gasteiger partial charge in [0, 0.05) is 38.0 Å². The number of hydrogen-bond acceptors (Lipinski definition) is 5. The standard InChI is InChI=1S/C27H32N2O6/c1-2-7-18(16-24(30)31)28-25(32)27(12-14-34-15-13-27)29-26(33)35-17-23-21-10-5-3-8-19(21)20-9-4-6-11-22(20)23/h3-6,8-11,18,23H,2,7,12-17H2,1H3,(H,28,32)(H,29,33)(H,30,31). The van der Waals surface area contributed by atoms with Gasteiger partial charge in [0.2, 0.25) is 5.91 Å². The second-order valence-corrected chi connectivity index (χ2v) is 9.20. The summed E-state index contributed by atoms with van der Waals surface area (Å²) in [5.74, 6) is -1.46. The van der Waals surface area contributed by atoms with Crippen LogP contribution in [0.2, 0.25) is 0 Å². The number of aliphatic carboxylic acids is 1. The Morgan fingerprint density at radius 1 is 1.06 bits per heavy atom. The van der Waals surface area contributed by atoms with Crippen molar-refractivity contribution in [1.29, 1.82) is 0 Å². The molecule has 35 heavy (non-hydrogen) atoms. The highest BCUT2D eigenvalue weighted by atomic mass is 16.5. The molecule has 1 aliphatic heterocycles. The molecule has 0 radical (unpaired) electrons. The Bertz CT molecular complexity index is 1030. The van der Waals surface area contributed by atoms with Crippen LogP contribution in [0.5, 0.6) is 0 Å². The number of carboxylic acid groups (broad SMARTS) is 1. The third-order valence-electron chi connectivity index (χ3n) is 6.86. The fourth-order valence-electron chi connectivity index (χ4n) is 5.07. The van der Waals surface area contributed by atoms with E-state index in [1.54, 1.807) is 0 Å². The van der Waals surface area contributed by atoms with E-state index in [9.17, 15) is 19.5 Å². The lowest BCUT2D eigenvalue weighted by Crippen LogP contribution is -2.62. The van der Waals surface area contributed by atoms with E-state index in [1.807, 2.05) is 43.3 Å². The van der Waals surface area contributed by atoms with Gasteiger partial charge in [-0.15, -0.1) is 0 Å². The Kier molecular flexibility index (Phi) is 7.70. The van der Waals surface area contributed by atoms with Crippen LogP contribution in [0, 0.1) is 0 Å². The maximum Gasteiger partial charge on any atom is 0.408 e. The van der Waals surface area contributed by atoms with Crippen molar-refractivity contribution in [1.82, 2.24) is 10.6 Å². The van der Waals surface area contributed by atoms with Crippen molar-refractivity contribution in [3.63, 3.8) is 0 Å². The van der Waals surface area contributed by atoms with Crippen LogP contribution in [0.1, 0.15) is 56.1 Å². The minimum Gasteiger partial charge on any atom is -0.481 e. The molecule has 1 heterocycles. The number of ether oxygens (including phenoxy) is 2. The number of carboxylic acids is 1. The Balaban J connectivity index is 1.45. The van der Waals surface area contributed by atoms with Crippen LogP contribution in [0.3, 0.4) is 0 Å². The normalized spacial score (nSPS) is 17.1. The third-order valence-corrected chi connectivity index (χ3v) is 6.86. The highest BCUT2D eigenvalue weighted by Gasteiger charge is 2.43. The molecule has 1 aliphatic carbocycles. The molecule has 0 spiro atoms. The van der Waals surface area contributed by atoms with Crippen LogP contribution in [0.25, 0.3) is 11.1 Å². The van der Waals surface area contributed by atoms with Crippen LogP contribution in [0.4, 0.5) is 4.79 Å². The average molecular weight is 481 g/mol. The van der Waals surface area contributed by atoms with Gasteiger partial charge in [-0.1, -0.05) is 61.9 Å². The van der Waals surface area contributed by atoms with Gasteiger partial charge in [0.1, 0.15) is 12.1 Å². The predicted molar refractivity (Wildman–Crippen MR) is 130 cm³/mol. The topological polar surface area (TPSA) is 114 Å². The summed E-state index contributed by atoms with van der Waals surface area (Å²) in [7, 11) is 0. The number of fused-ring (bicyclic) bond motifs is 3. The van der Waals surface area contributed by atoms with Crippen LogP contribution in [-0.4, -0.2) is 54.5 Å². The molecule has 1 atom stereocenters. The fraction of sp³-hybridized carbons (Fsp3) is 0.444. The molecule has 0 aromatic heterocycles. The maximum absolute atomic E-state index is 13.3. The Labute approximate surface area is 205 Å². The summed E-state index contributed by atoms with van der Waals surface area (Å²) < 4.78 is 11.1. The van der Waals surface area contributed by atoms with Gasteiger partial charge in [0.25, 0.3) is 0 Å². The molecule has 1 fully saturated rings. The number of carbonyl (C=O) groups excluding carboxylic acids is 2. The number of benzene rings is 2. The van der Waals surface area contributed by atoms with Crippen LogP contribution in [0.15, 0.2) is 48.5 Å². The first kappa shape index (κ1) is 24.7. The van der Waals surface area contributed by atoms with E-state index in [0.717, 1.165) is 28.7 Å². The van der Waals surface area contributed by atoms with Crippen molar-refractivity contribution in [2.75, 3.05) is 19.8 Å². The molecule has 2 aromatic carbocycles. The van der Waals surface area contributed by atoms with Crippen molar-refractivity contribution in [3.8, 4) is 11.1 Å². The maximum atomic E-state index is 13.3. The quantitative estimate of drug-likeness (QED) is 0.503. The minimum atomic E-state index is -1.20. The molecular weight excluding hydrogens is 448 g/mol. The molecule has 2 amide bonds.